The summed E-state index contributed by atoms with van der Waals surface area (Å²) in [7, 11) is 0. The normalized spacial score (nSPS) is 12.0. The number of alkyl halides is 3. The zero-order valence-electron chi connectivity index (χ0n) is 43.3. The van der Waals surface area contributed by atoms with Gasteiger partial charge in [0.25, 0.3) is 0 Å². The largest absolute Gasteiger partial charge is 0.461 e. The first-order valence-electron chi connectivity index (χ1n) is 23.7. The van der Waals surface area contributed by atoms with Crippen molar-refractivity contribution in [2.45, 2.75) is 122 Å². The number of rotatable bonds is 36. The number of amides is 5. The van der Waals surface area contributed by atoms with Gasteiger partial charge in [0.05, 0.1) is 0 Å². The molecule has 7 N–H and O–H groups in total. The molecule has 0 radical (unpaired) electrons. The second-order valence-corrected chi connectivity index (χ2v) is 16.7. The molecule has 22 nitrogen and oxygen atoms in total. The lowest BCUT2D eigenvalue weighted by Gasteiger charge is -2.21. The van der Waals surface area contributed by atoms with Gasteiger partial charge in [-0.3, -0.25) is 19.2 Å². The van der Waals surface area contributed by atoms with E-state index in [0.717, 1.165) is 0 Å². The Labute approximate surface area is 436 Å². The van der Waals surface area contributed by atoms with Gasteiger partial charge in [0, 0.05) is 25.8 Å². The quantitative estimate of drug-likeness (QED) is 0.0164. The molecule has 5 amide bonds. The molecule has 0 bridgehead atoms. The van der Waals surface area contributed by atoms with Crippen LogP contribution in [0.1, 0.15) is 91.4 Å². The fourth-order valence-corrected chi connectivity index (χ4v) is 5.39. The summed E-state index contributed by atoms with van der Waals surface area (Å²) in [5.74, 6) is -4.01. The molecule has 4 unspecified atom stereocenters. The van der Waals surface area contributed by atoms with E-state index in [1.165, 1.54) is 36.5 Å². The Bertz CT molecular complexity index is 1840. The predicted octanol–water partition coefficient (Wildman–Crippen LogP) is 4.58. The lowest BCUT2D eigenvalue weighted by Crippen LogP contribution is -2.52. The molecule has 0 saturated carbocycles. The Kier molecular flexibility index (Phi) is 42.4. The zero-order chi connectivity index (χ0) is 57.7. The predicted molar refractivity (Wildman–Crippen MR) is 270 cm³/mol. The first-order chi connectivity index (χ1) is 35.4. The number of halogens is 3. The molecule has 75 heavy (non-hydrogen) atoms. The topological polar surface area (TPSA) is 312 Å². The van der Waals surface area contributed by atoms with Crippen molar-refractivity contribution < 1.29 is 89.5 Å². The van der Waals surface area contributed by atoms with Gasteiger partial charge in [-0.15, -0.1) is 0 Å². The average Bonchev–Trinajstić information content (AvgIpc) is 3.35. The van der Waals surface area contributed by atoms with Crippen LogP contribution >= 0.6 is 0 Å². The number of carbonyl (C=O) groups is 10. The molecule has 0 spiro atoms. The molecule has 25 heteroatoms. The van der Waals surface area contributed by atoms with Crippen molar-refractivity contribution in [3.05, 3.63) is 75.9 Å². The van der Waals surface area contributed by atoms with E-state index < -0.39 is 84.5 Å². The molecule has 0 aliphatic rings. The van der Waals surface area contributed by atoms with E-state index in [0.29, 0.717) is 51.6 Å². The summed E-state index contributed by atoms with van der Waals surface area (Å²) >= 11 is 0. The van der Waals surface area contributed by atoms with Crippen molar-refractivity contribution in [3.63, 3.8) is 0 Å². The SMILES string of the molecule is C=CCOC(=O)CCC(NC(=O)NC(CCCCN)C(=O)OCC=C)C(=O)OCC=C.C=CCOC(=O)CCC(NC(=O)NC(CCCCNC(=O)CC(C)(C)C)C(=O)OCC=C)C(=O)OCC=C.O=CC(F)(F)F. The van der Waals surface area contributed by atoms with Crippen molar-refractivity contribution in [2.75, 3.05) is 52.7 Å². The van der Waals surface area contributed by atoms with Gasteiger partial charge in [-0.2, -0.15) is 13.2 Å². The van der Waals surface area contributed by atoms with Gasteiger partial charge in [0.1, 0.15) is 63.8 Å². The van der Waals surface area contributed by atoms with E-state index in [4.69, 9.17) is 38.9 Å². The maximum absolute atomic E-state index is 12.7. The van der Waals surface area contributed by atoms with Crippen molar-refractivity contribution in [2.24, 2.45) is 11.1 Å². The van der Waals surface area contributed by atoms with E-state index >= 15 is 0 Å². The molecule has 0 saturated heterocycles. The highest BCUT2D eigenvalue weighted by Gasteiger charge is 2.29. The molecule has 0 aliphatic heterocycles. The van der Waals surface area contributed by atoms with Crippen LogP contribution in [0.5, 0.6) is 0 Å². The van der Waals surface area contributed by atoms with Crippen LogP contribution in [0.2, 0.25) is 0 Å². The maximum Gasteiger partial charge on any atom is 0.446 e. The van der Waals surface area contributed by atoms with E-state index in [1.807, 2.05) is 20.8 Å². The molecular weight excluding hydrogens is 998 g/mol. The number of aldehydes is 1. The number of ether oxygens (including phenoxy) is 6. The molecule has 0 aromatic rings. The smallest absolute Gasteiger partial charge is 0.446 e. The van der Waals surface area contributed by atoms with Gasteiger partial charge in [-0.1, -0.05) is 96.7 Å². The van der Waals surface area contributed by atoms with Gasteiger partial charge in [0.2, 0.25) is 12.2 Å². The minimum atomic E-state index is -4.64. The van der Waals surface area contributed by atoms with Gasteiger partial charge >= 0.3 is 54.1 Å². The van der Waals surface area contributed by atoms with Crippen molar-refractivity contribution in [1.82, 2.24) is 26.6 Å². The third-order valence-corrected chi connectivity index (χ3v) is 8.74. The first-order valence-corrected chi connectivity index (χ1v) is 23.7. The minimum Gasteiger partial charge on any atom is -0.461 e. The summed E-state index contributed by atoms with van der Waals surface area (Å²) in [6.07, 6.45) is 5.50. The Morgan fingerprint density at radius 3 is 1.07 bits per heavy atom. The summed E-state index contributed by atoms with van der Waals surface area (Å²) in [4.78, 5) is 119. The van der Waals surface area contributed by atoms with Gasteiger partial charge in [-0.05, 0) is 63.3 Å². The first kappa shape index (κ1) is 71.9. The monoisotopic (exact) mass is 1070 g/mol. The number of carbonyl (C=O) groups excluding carboxylic acids is 10. The number of hydrogen-bond donors (Lipinski definition) is 6. The summed E-state index contributed by atoms with van der Waals surface area (Å²) in [6, 6.07) is -5.85. The van der Waals surface area contributed by atoms with Gasteiger partial charge in [-0.25, -0.2) is 28.8 Å². The third kappa shape index (κ3) is 43.9. The Morgan fingerprint density at radius 1 is 0.493 bits per heavy atom. The fraction of sp³-hybridized carbons (Fsp3) is 0.560. The molecule has 4 atom stereocenters. The highest BCUT2D eigenvalue weighted by Crippen LogP contribution is 2.18. The third-order valence-electron chi connectivity index (χ3n) is 8.74. The van der Waals surface area contributed by atoms with Crippen LogP contribution in [0.3, 0.4) is 0 Å². The fourth-order valence-electron chi connectivity index (χ4n) is 5.39. The lowest BCUT2D eigenvalue weighted by atomic mass is 9.92. The summed E-state index contributed by atoms with van der Waals surface area (Å²) < 4.78 is 61.1. The van der Waals surface area contributed by atoms with Gasteiger partial charge in [0.15, 0.2) is 0 Å². The molecule has 0 aromatic carbocycles. The standard InChI is InChI=1S/C27H43N3O8.C21H33N3O7.C2HF3O/c1-7-16-36-23(32)14-13-21(25(34)38-18-9-3)30-26(35)29-20(24(33)37-17-8-2)12-10-11-15-28-22(31)19-27(4,5)6;1-4-13-29-18(25)11-10-17(20(27)31-15-6-3)24-21(28)23-16(9-7-8-12-22)19(26)30-14-5-2;3-2(4,5)1-6/h7-9,20-21H,1-3,10-19H2,4-6H3,(H,28,31)(H2,29,30,35);4-6,16-17H,1-3,7-15,22H2,(H2,23,24,28);1H. The van der Waals surface area contributed by atoms with Crippen LogP contribution < -0.4 is 32.3 Å². The van der Waals surface area contributed by atoms with E-state index in [9.17, 15) is 56.3 Å². The van der Waals surface area contributed by atoms with Crippen LogP contribution in [0.4, 0.5) is 22.8 Å². The van der Waals surface area contributed by atoms with Crippen LogP contribution in [0.25, 0.3) is 0 Å². The van der Waals surface area contributed by atoms with Crippen LogP contribution in [0, 0.1) is 5.41 Å². The lowest BCUT2D eigenvalue weighted by molar-refractivity contribution is -0.156. The van der Waals surface area contributed by atoms with E-state index in [-0.39, 0.29) is 83.1 Å². The number of nitrogens with two attached hydrogens (primary N) is 1. The zero-order valence-corrected chi connectivity index (χ0v) is 43.3. The van der Waals surface area contributed by atoms with E-state index in [1.54, 1.807) is 0 Å². The second-order valence-electron chi connectivity index (χ2n) is 16.7. The van der Waals surface area contributed by atoms with Crippen molar-refractivity contribution >= 4 is 60.1 Å². The second kappa shape index (κ2) is 44.2. The number of nitrogens with one attached hydrogen (secondary N) is 5. The van der Waals surface area contributed by atoms with Gasteiger partial charge < -0.3 is 60.7 Å². The average molecular weight is 1080 g/mol. The van der Waals surface area contributed by atoms with Crippen molar-refractivity contribution in [3.8, 4) is 0 Å². The summed E-state index contributed by atoms with van der Waals surface area (Å²) in [5, 5.41) is 12.7. The van der Waals surface area contributed by atoms with Crippen LogP contribution in [0.15, 0.2) is 75.9 Å². The molecule has 0 heterocycles. The van der Waals surface area contributed by atoms with Crippen LogP contribution in [-0.4, -0.2) is 143 Å². The molecule has 424 valence electrons. The highest BCUT2D eigenvalue weighted by atomic mass is 19.4. The number of esters is 6. The summed E-state index contributed by atoms with van der Waals surface area (Å²) in [6.45, 7) is 27.5. The molecule has 0 fully saturated rings. The Hall–Kier alpha value is -7.31. The number of urea groups is 2. The number of hydrogen-bond acceptors (Lipinski definition) is 17. The molecule has 0 aromatic heterocycles. The molecule has 0 rings (SSSR count). The van der Waals surface area contributed by atoms with E-state index in [2.05, 4.69) is 66.1 Å². The van der Waals surface area contributed by atoms with Crippen LogP contribution in [-0.2, 0) is 66.8 Å². The summed E-state index contributed by atoms with van der Waals surface area (Å²) in [5.41, 5.74) is 5.35. The minimum absolute atomic E-state index is 0.00115. The maximum atomic E-state index is 12.7. The Balaban J connectivity index is -0.00000126. The highest BCUT2D eigenvalue weighted by molar-refractivity contribution is 5.88. The number of unbranched alkanes of at least 4 members (excludes halogenated alkanes) is 2. The molecule has 0 aliphatic carbocycles. The Morgan fingerprint density at radius 2 is 0.787 bits per heavy atom. The van der Waals surface area contributed by atoms with Crippen molar-refractivity contribution in [1.29, 1.82) is 0 Å². The molecular formula is C50H77F3N6O16.